The number of aliphatic hydroxyl groups is 1. The lowest BCUT2D eigenvalue weighted by atomic mass is 9.74. The molecule has 1 aliphatic heterocycles. The summed E-state index contributed by atoms with van der Waals surface area (Å²) >= 11 is 0. The van der Waals surface area contributed by atoms with Crippen LogP contribution in [0, 0.1) is 29.8 Å². The lowest BCUT2D eigenvalue weighted by molar-refractivity contribution is -0.153. The number of halogens is 3. The van der Waals surface area contributed by atoms with Gasteiger partial charge < -0.3 is 19.7 Å². The van der Waals surface area contributed by atoms with Gasteiger partial charge >= 0.3 is 5.97 Å². The molecule has 0 aliphatic carbocycles. The number of aryl methyl sites for hydroxylation is 1. The van der Waals surface area contributed by atoms with Crippen LogP contribution in [0.4, 0.5) is 13.2 Å². The van der Waals surface area contributed by atoms with Crippen molar-refractivity contribution in [2.45, 2.75) is 38.7 Å². The largest absolute Gasteiger partial charge is 0.497 e. The highest BCUT2D eigenvalue weighted by atomic mass is 19.2. The van der Waals surface area contributed by atoms with E-state index in [1.54, 1.807) is 19.4 Å². The number of aliphatic hydroxyl groups excluding tert-OH is 1. The molecule has 1 saturated heterocycles. The predicted octanol–water partition coefficient (Wildman–Crippen LogP) is 5.03. The molecule has 1 unspecified atom stereocenters. The number of rotatable bonds is 10. The first-order valence-electron chi connectivity index (χ1n) is 12.5. The summed E-state index contributed by atoms with van der Waals surface area (Å²) in [5.41, 5.74) is 1.25. The number of nitrogens with zero attached hydrogens (tertiary/aromatic N) is 2. The Balaban J connectivity index is 1.37. The Kier molecular flexibility index (Phi) is 8.42. The van der Waals surface area contributed by atoms with Crippen molar-refractivity contribution in [3.63, 3.8) is 0 Å². The number of hydrogen-bond acceptors (Lipinski definition) is 6. The molecular formula is C28H31F3N2O5. The number of carboxylic acid groups (broad SMARTS) is 1. The van der Waals surface area contributed by atoms with Crippen molar-refractivity contribution >= 4 is 16.9 Å². The molecule has 0 amide bonds. The molecule has 2 aromatic carbocycles. The molecule has 0 bridgehead atoms. The Morgan fingerprint density at radius 3 is 2.61 bits per heavy atom. The molecule has 1 atom stereocenters. The number of methoxy groups -OCH3 is 1. The van der Waals surface area contributed by atoms with Gasteiger partial charge in [0.15, 0.2) is 11.6 Å². The molecule has 3 aromatic rings. The minimum atomic E-state index is -1.32. The van der Waals surface area contributed by atoms with Crippen LogP contribution in [0.25, 0.3) is 10.9 Å². The fourth-order valence-corrected chi connectivity index (χ4v) is 5.12. The van der Waals surface area contributed by atoms with E-state index in [1.165, 1.54) is 0 Å². The second-order valence-electron chi connectivity index (χ2n) is 9.77. The Hall–Kier alpha value is -3.37. The number of carbonyl (C=O) groups is 1. The Bertz CT molecular complexity index is 1310. The van der Waals surface area contributed by atoms with E-state index >= 15 is 0 Å². The number of piperidine rings is 1. The molecule has 1 aromatic heterocycles. The fraction of sp³-hybridized carbons (Fsp3) is 0.429. The SMILES string of the molecule is COc1ccc2ncc(C)c(C(O)CCC3(C(=O)O)CCN(CCOc4cc(F)cc(F)c4F)CC3)c2c1. The third-order valence-electron chi connectivity index (χ3n) is 7.44. The molecule has 1 aliphatic rings. The number of aliphatic carboxylic acids is 1. The van der Waals surface area contributed by atoms with Gasteiger partial charge in [-0.1, -0.05) is 0 Å². The van der Waals surface area contributed by atoms with Gasteiger partial charge in [0, 0.05) is 30.3 Å². The number of fused-ring (bicyclic) bond motifs is 1. The second-order valence-corrected chi connectivity index (χ2v) is 9.77. The van der Waals surface area contributed by atoms with Crippen LogP contribution >= 0.6 is 0 Å². The number of benzene rings is 2. The van der Waals surface area contributed by atoms with Crippen LogP contribution in [0.2, 0.25) is 0 Å². The minimum absolute atomic E-state index is 0.00352. The van der Waals surface area contributed by atoms with Crippen molar-refractivity contribution in [3.05, 3.63) is 65.1 Å². The smallest absolute Gasteiger partial charge is 0.309 e. The van der Waals surface area contributed by atoms with Gasteiger partial charge in [0.25, 0.3) is 0 Å². The van der Waals surface area contributed by atoms with Gasteiger partial charge in [-0.05, 0) is 75.0 Å². The Morgan fingerprint density at radius 2 is 1.92 bits per heavy atom. The standard InChI is InChI=1S/C28H31F3N2O5/c1-17-16-32-22-4-3-19(37-2)15-20(22)25(17)23(34)5-6-28(27(35)36)7-9-33(10-8-28)11-12-38-24-14-18(29)13-21(30)26(24)31/h3-4,13-16,23,34H,5-12H2,1-2H3,(H,35,36). The molecule has 0 saturated carbocycles. The quantitative estimate of drug-likeness (QED) is 0.354. The van der Waals surface area contributed by atoms with E-state index in [4.69, 9.17) is 9.47 Å². The summed E-state index contributed by atoms with van der Waals surface area (Å²) in [6, 6.07) is 6.68. The summed E-state index contributed by atoms with van der Waals surface area (Å²) in [5.74, 6) is -4.26. The van der Waals surface area contributed by atoms with Crippen molar-refractivity contribution in [2.24, 2.45) is 5.41 Å². The van der Waals surface area contributed by atoms with Gasteiger partial charge in [-0.3, -0.25) is 14.7 Å². The lowest BCUT2D eigenvalue weighted by Crippen LogP contribution is -2.45. The topological polar surface area (TPSA) is 92.1 Å². The first-order valence-corrected chi connectivity index (χ1v) is 12.5. The van der Waals surface area contributed by atoms with Crippen LogP contribution in [0.1, 0.15) is 42.9 Å². The van der Waals surface area contributed by atoms with Crippen molar-refractivity contribution in [3.8, 4) is 11.5 Å². The number of ether oxygens (including phenoxy) is 2. The molecule has 0 spiro atoms. The zero-order chi connectivity index (χ0) is 27.4. The summed E-state index contributed by atoms with van der Waals surface area (Å²) in [4.78, 5) is 18.7. The molecule has 38 heavy (non-hydrogen) atoms. The van der Waals surface area contributed by atoms with Crippen LogP contribution in [0.3, 0.4) is 0 Å². The van der Waals surface area contributed by atoms with Crippen molar-refractivity contribution in [1.82, 2.24) is 9.88 Å². The van der Waals surface area contributed by atoms with Crippen molar-refractivity contribution < 1.29 is 37.7 Å². The van der Waals surface area contributed by atoms with Crippen LogP contribution in [-0.4, -0.2) is 59.4 Å². The predicted molar refractivity (Wildman–Crippen MR) is 135 cm³/mol. The fourth-order valence-electron chi connectivity index (χ4n) is 5.12. The number of likely N-dealkylation sites (tertiary alicyclic amines) is 1. The first-order chi connectivity index (χ1) is 18.1. The first kappa shape index (κ1) is 27.7. The Morgan fingerprint density at radius 1 is 1.18 bits per heavy atom. The van der Waals surface area contributed by atoms with Crippen LogP contribution in [0.15, 0.2) is 36.5 Å². The number of aromatic nitrogens is 1. The van der Waals surface area contributed by atoms with Gasteiger partial charge in [0.1, 0.15) is 18.2 Å². The third kappa shape index (κ3) is 5.86. The van der Waals surface area contributed by atoms with Crippen LogP contribution < -0.4 is 9.47 Å². The minimum Gasteiger partial charge on any atom is -0.497 e. The third-order valence-corrected chi connectivity index (χ3v) is 7.44. The average Bonchev–Trinajstić information content (AvgIpc) is 2.90. The molecular weight excluding hydrogens is 501 g/mol. The molecule has 2 heterocycles. The molecule has 204 valence electrons. The molecule has 1 fully saturated rings. The van der Waals surface area contributed by atoms with Gasteiger partial charge in [0.2, 0.25) is 5.82 Å². The van der Waals surface area contributed by atoms with Gasteiger partial charge in [-0.25, -0.2) is 8.78 Å². The summed E-state index contributed by atoms with van der Waals surface area (Å²) in [6.45, 7) is 3.12. The normalized spacial score (nSPS) is 16.4. The summed E-state index contributed by atoms with van der Waals surface area (Å²) in [5, 5.41) is 22.0. The second kappa shape index (κ2) is 11.6. The van der Waals surface area contributed by atoms with E-state index in [-0.39, 0.29) is 19.4 Å². The molecule has 4 rings (SSSR count). The monoisotopic (exact) mass is 532 g/mol. The molecule has 0 radical (unpaired) electrons. The van der Waals surface area contributed by atoms with Gasteiger partial charge in [0.05, 0.1) is 24.1 Å². The number of hydrogen-bond donors (Lipinski definition) is 2. The lowest BCUT2D eigenvalue weighted by Gasteiger charge is -2.39. The van der Waals surface area contributed by atoms with Crippen molar-refractivity contribution in [1.29, 1.82) is 0 Å². The van der Waals surface area contributed by atoms with Crippen molar-refractivity contribution in [2.75, 3.05) is 33.4 Å². The molecule has 2 N–H and O–H groups in total. The highest BCUT2D eigenvalue weighted by molar-refractivity contribution is 5.85. The van der Waals surface area contributed by atoms with Crippen LogP contribution in [-0.2, 0) is 4.79 Å². The van der Waals surface area contributed by atoms with E-state index in [0.717, 1.165) is 22.5 Å². The highest BCUT2D eigenvalue weighted by Crippen LogP contribution is 2.40. The zero-order valence-corrected chi connectivity index (χ0v) is 21.3. The van der Waals surface area contributed by atoms with E-state index < -0.39 is 40.7 Å². The maximum absolute atomic E-state index is 13.8. The zero-order valence-electron chi connectivity index (χ0n) is 21.3. The van der Waals surface area contributed by atoms with E-state index in [0.29, 0.717) is 49.9 Å². The average molecular weight is 533 g/mol. The molecule has 7 nitrogen and oxygen atoms in total. The summed E-state index contributed by atoms with van der Waals surface area (Å²) in [7, 11) is 1.56. The summed E-state index contributed by atoms with van der Waals surface area (Å²) in [6.07, 6.45) is 2.09. The Labute approximate surface area is 218 Å². The maximum Gasteiger partial charge on any atom is 0.309 e. The maximum atomic E-state index is 13.8. The number of pyridine rings is 1. The van der Waals surface area contributed by atoms with Gasteiger partial charge in [-0.15, -0.1) is 0 Å². The highest BCUT2D eigenvalue weighted by Gasteiger charge is 2.41. The summed E-state index contributed by atoms with van der Waals surface area (Å²) < 4.78 is 51.1. The molecule has 10 heteroatoms. The number of carboxylic acids is 1. The van der Waals surface area contributed by atoms with E-state index in [1.807, 2.05) is 24.0 Å². The van der Waals surface area contributed by atoms with Crippen LogP contribution in [0.5, 0.6) is 11.5 Å². The van der Waals surface area contributed by atoms with E-state index in [2.05, 4.69) is 4.98 Å². The van der Waals surface area contributed by atoms with Gasteiger partial charge in [-0.2, -0.15) is 4.39 Å². The van der Waals surface area contributed by atoms with E-state index in [9.17, 15) is 28.2 Å².